The molecule has 1 aromatic carbocycles. The smallest absolute Gasteiger partial charge is 0.317 e. The lowest BCUT2D eigenvalue weighted by Gasteiger charge is -2.38. The lowest BCUT2D eigenvalue weighted by atomic mass is 9.83. The van der Waals surface area contributed by atoms with Crippen LogP contribution in [0, 0.1) is 24.6 Å². The SMILES string of the molecule is Cc1cc(C2CC(C(=O)NCC3CC3)CN(C(=O)NC(C)C)C2)ccc1F. The highest BCUT2D eigenvalue weighted by Gasteiger charge is 2.35. The number of likely N-dealkylation sites (tertiary alicyclic amines) is 1. The third kappa shape index (κ3) is 5.21. The molecular formula is C21H30FN3O2. The van der Waals surface area contributed by atoms with Crippen LogP contribution in [0.25, 0.3) is 0 Å². The number of hydrogen-bond acceptors (Lipinski definition) is 2. The van der Waals surface area contributed by atoms with Gasteiger partial charge in [0.05, 0.1) is 5.92 Å². The molecule has 148 valence electrons. The number of nitrogens with zero attached hydrogens (tertiary/aromatic N) is 1. The van der Waals surface area contributed by atoms with Crippen molar-refractivity contribution in [3.63, 3.8) is 0 Å². The molecule has 1 heterocycles. The zero-order valence-corrected chi connectivity index (χ0v) is 16.4. The first-order valence-electron chi connectivity index (χ1n) is 9.92. The highest BCUT2D eigenvalue weighted by molar-refractivity contribution is 5.81. The van der Waals surface area contributed by atoms with Crippen molar-refractivity contribution in [3.05, 3.63) is 35.1 Å². The van der Waals surface area contributed by atoms with E-state index in [0.29, 0.717) is 31.0 Å². The van der Waals surface area contributed by atoms with Gasteiger partial charge < -0.3 is 15.5 Å². The summed E-state index contributed by atoms with van der Waals surface area (Å²) in [7, 11) is 0. The standard InChI is InChI=1S/C21H30FN3O2/c1-13(2)24-21(27)25-11-17(16-6-7-19(22)14(3)8-16)9-18(12-25)20(26)23-10-15-4-5-15/h6-8,13,15,17-18H,4-5,9-12H2,1-3H3,(H,23,26)(H,24,27). The van der Waals surface area contributed by atoms with E-state index < -0.39 is 0 Å². The van der Waals surface area contributed by atoms with Crippen molar-refractivity contribution >= 4 is 11.9 Å². The summed E-state index contributed by atoms with van der Waals surface area (Å²) < 4.78 is 13.7. The third-order valence-corrected chi connectivity index (χ3v) is 5.44. The van der Waals surface area contributed by atoms with Crippen LogP contribution < -0.4 is 10.6 Å². The van der Waals surface area contributed by atoms with E-state index in [1.54, 1.807) is 17.9 Å². The van der Waals surface area contributed by atoms with Crippen molar-refractivity contribution in [3.8, 4) is 0 Å². The molecule has 0 radical (unpaired) electrons. The van der Waals surface area contributed by atoms with Crippen molar-refractivity contribution in [1.29, 1.82) is 0 Å². The lowest BCUT2D eigenvalue weighted by molar-refractivity contribution is -0.126. The minimum Gasteiger partial charge on any atom is -0.356 e. The molecule has 3 rings (SSSR count). The van der Waals surface area contributed by atoms with Crippen LogP contribution in [0.1, 0.15) is 50.2 Å². The van der Waals surface area contributed by atoms with Crippen LogP contribution in [-0.4, -0.2) is 42.5 Å². The number of carbonyl (C=O) groups excluding carboxylic acids is 2. The molecule has 27 heavy (non-hydrogen) atoms. The summed E-state index contributed by atoms with van der Waals surface area (Å²) in [5, 5.41) is 5.97. The molecule has 0 bridgehead atoms. The van der Waals surface area contributed by atoms with Gasteiger partial charge in [-0.3, -0.25) is 4.79 Å². The van der Waals surface area contributed by atoms with Crippen molar-refractivity contribution in [1.82, 2.24) is 15.5 Å². The molecule has 2 unspecified atom stereocenters. The Morgan fingerprint density at radius 1 is 1.26 bits per heavy atom. The highest BCUT2D eigenvalue weighted by Crippen LogP contribution is 2.32. The Morgan fingerprint density at radius 3 is 2.63 bits per heavy atom. The van der Waals surface area contributed by atoms with Crippen molar-refractivity contribution in [2.75, 3.05) is 19.6 Å². The molecule has 1 saturated heterocycles. The molecule has 1 aliphatic heterocycles. The third-order valence-electron chi connectivity index (χ3n) is 5.44. The Labute approximate surface area is 160 Å². The average Bonchev–Trinajstić information content (AvgIpc) is 3.45. The lowest BCUT2D eigenvalue weighted by Crippen LogP contribution is -2.52. The molecule has 2 aliphatic rings. The maximum absolute atomic E-state index is 13.7. The van der Waals surface area contributed by atoms with Gasteiger partial charge in [0.15, 0.2) is 0 Å². The van der Waals surface area contributed by atoms with E-state index in [4.69, 9.17) is 0 Å². The summed E-state index contributed by atoms with van der Waals surface area (Å²) in [5.41, 5.74) is 1.57. The Bertz CT molecular complexity index is 703. The molecule has 1 aliphatic carbocycles. The zero-order chi connectivity index (χ0) is 19.6. The molecular weight excluding hydrogens is 345 g/mol. The minimum atomic E-state index is -0.245. The molecule has 5 nitrogen and oxygen atoms in total. The number of carbonyl (C=O) groups is 2. The fourth-order valence-corrected chi connectivity index (χ4v) is 3.67. The van der Waals surface area contributed by atoms with Gasteiger partial charge in [-0.25, -0.2) is 9.18 Å². The quantitative estimate of drug-likeness (QED) is 0.830. The van der Waals surface area contributed by atoms with Crippen LogP contribution >= 0.6 is 0 Å². The number of rotatable bonds is 5. The second-order valence-corrected chi connectivity index (χ2v) is 8.34. The zero-order valence-electron chi connectivity index (χ0n) is 16.4. The van der Waals surface area contributed by atoms with E-state index in [9.17, 15) is 14.0 Å². The Hall–Kier alpha value is -2.11. The van der Waals surface area contributed by atoms with Gasteiger partial charge in [-0.05, 0) is 63.1 Å². The molecule has 0 aromatic heterocycles. The van der Waals surface area contributed by atoms with E-state index in [2.05, 4.69) is 10.6 Å². The monoisotopic (exact) mass is 375 g/mol. The van der Waals surface area contributed by atoms with Crippen LogP contribution in [0.3, 0.4) is 0 Å². The van der Waals surface area contributed by atoms with E-state index in [1.165, 1.54) is 18.9 Å². The molecule has 2 atom stereocenters. The van der Waals surface area contributed by atoms with Gasteiger partial charge in [0, 0.05) is 31.6 Å². The molecule has 1 saturated carbocycles. The first-order chi connectivity index (χ1) is 12.8. The number of amides is 3. The number of aryl methyl sites for hydroxylation is 1. The predicted octanol–water partition coefficient (Wildman–Crippen LogP) is 3.18. The molecule has 2 fully saturated rings. The van der Waals surface area contributed by atoms with E-state index in [1.807, 2.05) is 19.9 Å². The minimum absolute atomic E-state index is 0.0210. The first-order valence-corrected chi connectivity index (χ1v) is 9.92. The second-order valence-electron chi connectivity index (χ2n) is 8.34. The van der Waals surface area contributed by atoms with Crippen molar-refractivity contribution in [2.45, 2.75) is 52.0 Å². The summed E-state index contributed by atoms with van der Waals surface area (Å²) in [5.74, 6) is 0.183. The molecule has 2 N–H and O–H groups in total. The second kappa shape index (κ2) is 8.28. The van der Waals surface area contributed by atoms with Gasteiger partial charge in [0.25, 0.3) is 0 Å². The van der Waals surface area contributed by atoms with Gasteiger partial charge in [0.1, 0.15) is 5.82 Å². The number of benzene rings is 1. The van der Waals surface area contributed by atoms with Crippen LogP contribution in [0.2, 0.25) is 0 Å². The van der Waals surface area contributed by atoms with E-state index in [-0.39, 0.29) is 35.6 Å². The molecule has 1 aromatic rings. The maximum Gasteiger partial charge on any atom is 0.317 e. The van der Waals surface area contributed by atoms with Gasteiger partial charge >= 0.3 is 6.03 Å². The first kappa shape index (κ1) is 19.6. The summed E-state index contributed by atoms with van der Waals surface area (Å²) in [4.78, 5) is 27.0. The summed E-state index contributed by atoms with van der Waals surface area (Å²) in [6, 6.07) is 4.97. The van der Waals surface area contributed by atoms with Gasteiger partial charge in [-0.2, -0.15) is 0 Å². The molecule has 6 heteroatoms. The maximum atomic E-state index is 13.7. The summed E-state index contributed by atoms with van der Waals surface area (Å²) in [6.45, 7) is 7.27. The van der Waals surface area contributed by atoms with Crippen molar-refractivity contribution < 1.29 is 14.0 Å². The van der Waals surface area contributed by atoms with Crippen LogP contribution in [0.5, 0.6) is 0 Å². The fourth-order valence-electron chi connectivity index (χ4n) is 3.67. The van der Waals surface area contributed by atoms with Crippen molar-refractivity contribution in [2.24, 2.45) is 11.8 Å². The predicted molar refractivity (Wildman–Crippen MR) is 103 cm³/mol. The summed E-state index contributed by atoms with van der Waals surface area (Å²) in [6.07, 6.45) is 3.05. The average molecular weight is 375 g/mol. The molecule has 3 amide bonds. The van der Waals surface area contributed by atoms with Gasteiger partial charge in [-0.15, -0.1) is 0 Å². The number of nitrogens with one attached hydrogen (secondary N) is 2. The largest absolute Gasteiger partial charge is 0.356 e. The molecule has 0 spiro atoms. The Kier molecular flexibility index (Phi) is 6.02. The summed E-state index contributed by atoms with van der Waals surface area (Å²) >= 11 is 0. The number of urea groups is 1. The Morgan fingerprint density at radius 2 is 2.00 bits per heavy atom. The van der Waals surface area contributed by atoms with Crippen LogP contribution in [-0.2, 0) is 4.79 Å². The van der Waals surface area contributed by atoms with Crippen LogP contribution in [0.4, 0.5) is 9.18 Å². The number of hydrogen-bond donors (Lipinski definition) is 2. The topological polar surface area (TPSA) is 61.4 Å². The fraction of sp³-hybridized carbons (Fsp3) is 0.619. The Balaban J connectivity index is 1.75. The number of piperidine rings is 1. The van der Waals surface area contributed by atoms with Gasteiger partial charge in [-0.1, -0.05) is 12.1 Å². The number of halogens is 1. The normalized spacial score (nSPS) is 22.6. The van der Waals surface area contributed by atoms with Gasteiger partial charge in [0.2, 0.25) is 5.91 Å². The van der Waals surface area contributed by atoms with Crippen LogP contribution in [0.15, 0.2) is 18.2 Å². The van der Waals surface area contributed by atoms with E-state index >= 15 is 0 Å². The highest BCUT2D eigenvalue weighted by atomic mass is 19.1. The van der Waals surface area contributed by atoms with E-state index in [0.717, 1.165) is 12.1 Å².